The third-order valence-electron chi connectivity index (χ3n) is 3.50. The Labute approximate surface area is 152 Å². The maximum Gasteiger partial charge on any atom is 0.191 e. The molecule has 0 amide bonds. The van der Waals surface area contributed by atoms with Crippen LogP contribution in [0.5, 0.6) is 0 Å². The Hall–Kier alpha value is -0.760. The number of hydrogen-bond acceptors (Lipinski definition) is 3. The van der Waals surface area contributed by atoms with Crippen molar-refractivity contribution in [2.24, 2.45) is 4.99 Å². The van der Waals surface area contributed by atoms with Crippen LogP contribution >= 0.6 is 24.0 Å². The summed E-state index contributed by atoms with van der Waals surface area (Å²) in [6.07, 6.45) is 6.74. The van der Waals surface area contributed by atoms with Crippen LogP contribution in [0.15, 0.2) is 27.8 Å². The largest absolute Gasteiger partial charge is 0.468 e. The molecule has 0 aromatic carbocycles. The van der Waals surface area contributed by atoms with Crippen LogP contribution in [0.1, 0.15) is 44.4 Å². The molecule has 0 saturated carbocycles. The summed E-state index contributed by atoms with van der Waals surface area (Å²) < 4.78 is 5.51. The van der Waals surface area contributed by atoms with Crippen molar-refractivity contribution in [3.05, 3.63) is 24.2 Å². The second-order valence-electron chi connectivity index (χ2n) is 5.44. The van der Waals surface area contributed by atoms with E-state index in [9.17, 15) is 0 Å². The van der Waals surface area contributed by atoms with E-state index in [1.165, 1.54) is 25.7 Å². The normalized spacial score (nSPS) is 12.9. The molecular formula is C16H31IN4O. The first-order chi connectivity index (χ1) is 10.2. The molecule has 0 radical (unpaired) electrons. The molecule has 1 aromatic heterocycles. The van der Waals surface area contributed by atoms with E-state index in [0.717, 1.165) is 24.8 Å². The molecular weight excluding hydrogens is 391 g/mol. The van der Waals surface area contributed by atoms with Gasteiger partial charge in [0.1, 0.15) is 5.76 Å². The van der Waals surface area contributed by atoms with Crippen LogP contribution in [-0.4, -0.2) is 45.1 Å². The molecule has 128 valence electrons. The summed E-state index contributed by atoms with van der Waals surface area (Å²) in [5, 5.41) is 6.72. The van der Waals surface area contributed by atoms with Crippen molar-refractivity contribution in [1.29, 1.82) is 0 Å². The fraction of sp³-hybridized carbons (Fsp3) is 0.688. The highest BCUT2D eigenvalue weighted by atomic mass is 127. The van der Waals surface area contributed by atoms with Crippen molar-refractivity contribution in [2.45, 2.75) is 38.6 Å². The Bertz CT molecular complexity index is 393. The van der Waals surface area contributed by atoms with E-state index in [1.54, 1.807) is 13.3 Å². The topological polar surface area (TPSA) is 52.8 Å². The lowest BCUT2D eigenvalue weighted by Crippen LogP contribution is -2.42. The predicted octanol–water partition coefficient (Wildman–Crippen LogP) is 3.25. The average Bonchev–Trinajstić information content (AvgIpc) is 2.98. The van der Waals surface area contributed by atoms with Gasteiger partial charge >= 0.3 is 0 Å². The molecule has 1 atom stereocenters. The number of rotatable bonds is 9. The van der Waals surface area contributed by atoms with Crippen LogP contribution < -0.4 is 10.6 Å². The fourth-order valence-electron chi connectivity index (χ4n) is 2.19. The van der Waals surface area contributed by atoms with Crippen molar-refractivity contribution < 1.29 is 4.42 Å². The molecule has 0 aliphatic rings. The van der Waals surface area contributed by atoms with Crippen LogP contribution in [0.3, 0.4) is 0 Å². The molecule has 0 aliphatic carbocycles. The lowest BCUT2D eigenvalue weighted by atomic mass is 10.2. The van der Waals surface area contributed by atoms with E-state index in [4.69, 9.17) is 4.42 Å². The van der Waals surface area contributed by atoms with Crippen molar-refractivity contribution >= 4 is 29.9 Å². The number of nitrogens with zero attached hydrogens (tertiary/aromatic N) is 2. The molecule has 1 aromatic rings. The second kappa shape index (κ2) is 12.8. The lowest BCUT2D eigenvalue weighted by molar-refractivity contribution is 0.258. The molecule has 0 aliphatic heterocycles. The number of halogens is 1. The lowest BCUT2D eigenvalue weighted by Gasteiger charge is -2.23. The van der Waals surface area contributed by atoms with E-state index in [1.807, 2.05) is 12.1 Å². The number of hydrogen-bond donors (Lipinski definition) is 2. The Morgan fingerprint density at radius 1 is 1.27 bits per heavy atom. The molecule has 6 heteroatoms. The van der Waals surface area contributed by atoms with Gasteiger partial charge < -0.3 is 15.1 Å². The third-order valence-corrected chi connectivity index (χ3v) is 3.50. The zero-order chi connectivity index (χ0) is 15.5. The SMILES string of the molecule is CCCCCCNC(=NC)NCC(c1ccco1)N(C)C.I. The molecule has 0 saturated heterocycles. The van der Waals surface area contributed by atoms with Crippen LogP contribution in [0.2, 0.25) is 0 Å². The number of nitrogens with one attached hydrogen (secondary N) is 2. The van der Waals surface area contributed by atoms with Crippen LogP contribution in [0, 0.1) is 0 Å². The first-order valence-corrected chi connectivity index (χ1v) is 7.83. The number of guanidine groups is 1. The highest BCUT2D eigenvalue weighted by Gasteiger charge is 2.17. The van der Waals surface area contributed by atoms with Gasteiger partial charge in [0.05, 0.1) is 12.3 Å². The minimum Gasteiger partial charge on any atom is -0.468 e. The van der Waals surface area contributed by atoms with Gasteiger partial charge in [-0.25, -0.2) is 0 Å². The maximum absolute atomic E-state index is 5.51. The summed E-state index contributed by atoms with van der Waals surface area (Å²) in [7, 11) is 5.91. The summed E-state index contributed by atoms with van der Waals surface area (Å²) in [6, 6.07) is 4.12. The van der Waals surface area contributed by atoms with E-state index in [2.05, 4.69) is 41.5 Å². The standard InChI is InChI=1S/C16H30N4O.HI/c1-5-6-7-8-11-18-16(17-2)19-13-14(20(3)4)15-10-9-12-21-15;/h9-10,12,14H,5-8,11,13H2,1-4H3,(H2,17,18,19);1H. The Morgan fingerprint density at radius 3 is 2.59 bits per heavy atom. The molecule has 1 rings (SSSR count). The van der Waals surface area contributed by atoms with E-state index in [-0.39, 0.29) is 30.0 Å². The fourth-order valence-corrected chi connectivity index (χ4v) is 2.19. The van der Waals surface area contributed by atoms with Crippen LogP contribution in [0.4, 0.5) is 0 Å². The quantitative estimate of drug-likeness (QED) is 0.278. The number of likely N-dealkylation sites (N-methyl/N-ethyl adjacent to an activating group) is 1. The molecule has 1 heterocycles. The molecule has 5 nitrogen and oxygen atoms in total. The Morgan fingerprint density at radius 2 is 2.05 bits per heavy atom. The molecule has 22 heavy (non-hydrogen) atoms. The van der Waals surface area contributed by atoms with Gasteiger partial charge in [0.25, 0.3) is 0 Å². The number of furan rings is 1. The van der Waals surface area contributed by atoms with Gasteiger partial charge in [-0.1, -0.05) is 26.2 Å². The van der Waals surface area contributed by atoms with E-state index in [0.29, 0.717) is 0 Å². The summed E-state index contributed by atoms with van der Waals surface area (Å²) >= 11 is 0. The zero-order valence-corrected chi connectivity index (χ0v) is 16.6. The second-order valence-corrected chi connectivity index (χ2v) is 5.44. The highest BCUT2D eigenvalue weighted by Crippen LogP contribution is 2.17. The molecule has 0 bridgehead atoms. The van der Waals surface area contributed by atoms with Crippen molar-refractivity contribution in [1.82, 2.24) is 15.5 Å². The summed E-state index contributed by atoms with van der Waals surface area (Å²) in [6.45, 7) is 3.95. The van der Waals surface area contributed by atoms with Crippen LogP contribution in [0.25, 0.3) is 0 Å². The predicted molar refractivity (Wildman–Crippen MR) is 104 cm³/mol. The summed E-state index contributed by atoms with van der Waals surface area (Å²) in [5.74, 6) is 1.82. The summed E-state index contributed by atoms with van der Waals surface area (Å²) in [5.41, 5.74) is 0. The van der Waals surface area contributed by atoms with Gasteiger partial charge in [0.2, 0.25) is 0 Å². The van der Waals surface area contributed by atoms with Gasteiger partial charge in [0, 0.05) is 20.1 Å². The number of aliphatic imine (C=N–C) groups is 1. The minimum atomic E-state index is 0. The molecule has 2 N–H and O–H groups in total. The average molecular weight is 422 g/mol. The third kappa shape index (κ3) is 8.03. The van der Waals surface area contributed by atoms with Gasteiger partial charge in [-0.3, -0.25) is 9.89 Å². The van der Waals surface area contributed by atoms with Crippen molar-refractivity contribution in [2.75, 3.05) is 34.2 Å². The number of unbranched alkanes of at least 4 members (excludes halogenated alkanes) is 3. The zero-order valence-electron chi connectivity index (χ0n) is 14.3. The molecule has 0 fully saturated rings. The van der Waals surface area contributed by atoms with E-state index >= 15 is 0 Å². The summed E-state index contributed by atoms with van der Waals surface area (Å²) in [4.78, 5) is 6.40. The van der Waals surface area contributed by atoms with Crippen LogP contribution in [-0.2, 0) is 0 Å². The van der Waals surface area contributed by atoms with Gasteiger partial charge in [-0.15, -0.1) is 24.0 Å². The maximum atomic E-state index is 5.51. The highest BCUT2D eigenvalue weighted by molar-refractivity contribution is 14.0. The Kier molecular flexibility index (Phi) is 12.3. The van der Waals surface area contributed by atoms with E-state index < -0.39 is 0 Å². The first kappa shape index (κ1) is 21.2. The first-order valence-electron chi connectivity index (χ1n) is 7.83. The monoisotopic (exact) mass is 422 g/mol. The Balaban J connectivity index is 0.00000441. The van der Waals surface area contributed by atoms with Gasteiger partial charge in [-0.2, -0.15) is 0 Å². The molecule has 0 spiro atoms. The minimum absolute atomic E-state index is 0. The molecule has 1 unspecified atom stereocenters. The van der Waals surface area contributed by atoms with Gasteiger partial charge in [-0.05, 0) is 32.6 Å². The van der Waals surface area contributed by atoms with Gasteiger partial charge in [0.15, 0.2) is 5.96 Å². The van der Waals surface area contributed by atoms with Crippen molar-refractivity contribution in [3.8, 4) is 0 Å². The van der Waals surface area contributed by atoms with Crippen molar-refractivity contribution in [3.63, 3.8) is 0 Å². The smallest absolute Gasteiger partial charge is 0.191 e.